The summed E-state index contributed by atoms with van der Waals surface area (Å²) in [7, 11) is 0. The molecule has 0 radical (unpaired) electrons. The summed E-state index contributed by atoms with van der Waals surface area (Å²) in [5, 5.41) is 36.2. The van der Waals surface area contributed by atoms with E-state index in [1.807, 2.05) is 0 Å². The lowest BCUT2D eigenvalue weighted by Gasteiger charge is -2.43. The number of amidine groups is 1. The van der Waals surface area contributed by atoms with Crippen molar-refractivity contribution in [1.82, 2.24) is 15.5 Å². The number of nitrogen functional groups attached to an aromatic ring is 1. The lowest BCUT2D eigenvalue weighted by Crippen LogP contribution is -2.63. The molecule has 1 saturated carbocycles. The van der Waals surface area contributed by atoms with Crippen molar-refractivity contribution in [2.45, 2.75) is 57.2 Å². The number of carbonyl (C=O) groups is 4. The van der Waals surface area contributed by atoms with Crippen LogP contribution in [-0.4, -0.2) is 75.2 Å². The summed E-state index contributed by atoms with van der Waals surface area (Å²) < 4.78 is 0. The Labute approximate surface area is 203 Å². The third-order valence-electron chi connectivity index (χ3n) is 6.20. The van der Waals surface area contributed by atoms with Gasteiger partial charge in [-0.25, -0.2) is 4.79 Å². The van der Waals surface area contributed by atoms with E-state index in [0.717, 1.165) is 37.7 Å². The van der Waals surface area contributed by atoms with Gasteiger partial charge in [-0.2, -0.15) is 0 Å². The summed E-state index contributed by atoms with van der Waals surface area (Å²) in [6.07, 6.45) is 3.76. The van der Waals surface area contributed by atoms with E-state index in [4.69, 9.17) is 31.3 Å². The van der Waals surface area contributed by atoms with Crippen molar-refractivity contribution < 1.29 is 34.5 Å². The Morgan fingerprint density at radius 2 is 1.63 bits per heavy atom. The average Bonchev–Trinajstić information content (AvgIpc) is 2.77. The molecule has 1 saturated heterocycles. The summed E-state index contributed by atoms with van der Waals surface area (Å²) in [6.45, 7) is 0.551. The summed E-state index contributed by atoms with van der Waals surface area (Å²) in [5.74, 6) is -1.29. The van der Waals surface area contributed by atoms with Gasteiger partial charge >= 0.3 is 12.1 Å². The minimum atomic E-state index is -1.83. The fourth-order valence-electron chi connectivity index (χ4n) is 4.33. The molecule has 8 N–H and O–H groups in total. The Bertz CT molecular complexity index is 911. The molecule has 1 aliphatic carbocycles. The first-order valence-corrected chi connectivity index (χ1v) is 11.5. The van der Waals surface area contributed by atoms with Crippen molar-refractivity contribution >= 4 is 29.8 Å². The molecule has 1 aromatic rings. The van der Waals surface area contributed by atoms with E-state index >= 15 is 0 Å². The molecule has 35 heavy (non-hydrogen) atoms. The number of nitrogens with zero attached hydrogens (tertiary/aromatic N) is 1. The van der Waals surface area contributed by atoms with E-state index in [1.165, 1.54) is 0 Å². The number of hydrogen-bond acceptors (Lipinski definition) is 6. The molecule has 0 aromatic heterocycles. The zero-order valence-corrected chi connectivity index (χ0v) is 19.4. The number of carboxylic acid groups (broad SMARTS) is 3. The molecule has 0 unspecified atom stereocenters. The highest BCUT2D eigenvalue weighted by atomic mass is 16.6. The fraction of sp³-hybridized carbons (Fsp3) is 0.522. The highest BCUT2D eigenvalue weighted by molar-refractivity contribution is 5.95. The van der Waals surface area contributed by atoms with E-state index < -0.39 is 24.2 Å². The van der Waals surface area contributed by atoms with Crippen molar-refractivity contribution in [2.75, 3.05) is 13.1 Å². The number of nitrogens with two attached hydrogens (primary N) is 1. The van der Waals surface area contributed by atoms with E-state index in [2.05, 4.69) is 10.6 Å². The number of carbonyl (C=O) groups excluding carboxylic acids is 2. The summed E-state index contributed by atoms with van der Waals surface area (Å²) in [5.41, 5.74) is 6.94. The minimum absolute atomic E-state index is 0.0109. The summed E-state index contributed by atoms with van der Waals surface area (Å²) in [6, 6.07) is 5.97. The molecule has 1 heterocycles. The number of hydrogen-bond donors (Lipinski definition) is 7. The lowest BCUT2D eigenvalue weighted by atomic mass is 9.82. The van der Waals surface area contributed by atoms with E-state index in [0.29, 0.717) is 25.1 Å². The smallest absolute Gasteiger partial charge is 0.480 e. The van der Waals surface area contributed by atoms with Gasteiger partial charge in [-0.15, -0.1) is 0 Å². The molecular formula is C23H33N5O7. The fourth-order valence-corrected chi connectivity index (χ4v) is 4.33. The minimum Gasteiger partial charge on any atom is -0.480 e. The van der Waals surface area contributed by atoms with Gasteiger partial charge < -0.3 is 31.3 Å². The SMILES string of the molecule is N=C(N)c1ccc(CNC(=O)[C@@H]2CCN2C(=O)[C@H](NCC(=O)O)C2CCCCC2)cc1.O=C(O)O. The van der Waals surface area contributed by atoms with Crippen molar-refractivity contribution in [2.24, 2.45) is 11.7 Å². The Balaban J connectivity index is 0.00000100. The predicted octanol–water partition coefficient (Wildman–Crippen LogP) is 1.03. The Morgan fingerprint density at radius 1 is 1.03 bits per heavy atom. The van der Waals surface area contributed by atoms with E-state index in [1.54, 1.807) is 29.2 Å². The highest BCUT2D eigenvalue weighted by Gasteiger charge is 2.42. The third kappa shape index (κ3) is 8.56. The van der Waals surface area contributed by atoms with Gasteiger partial charge in [0.05, 0.1) is 12.6 Å². The second kappa shape index (κ2) is 13.3. The Morgan fingerprint density at radius 3 is 2.11 bits per heavy atom. The third-order valence-corrected chi connectivity index (χ3v) is 6.20. The maximum Gasteiger partial charge on any atom is 0.503 e. The first kappa shape index (κ1) is 27.6. The number of rotatable bonds is 9. The largest absolute Gasteiger partial charge is 0.503 e. The molecule has 12 heteroatoms. The second-order valence-corrected chi connectivity index (χ2v) is 8.60. The molecule has 12 nitrogen and oxygen atoms in total. The standard InChI is InChI=1S/C22H31N5O4.CH2O3/c23-20(24)16-8-6-14(7-9-16)12-26-21(30)17-10-11-27(17)22(31)19(25-13-18(28)29)15-4-2-1-3-5-15;2-1(3)4/h6-9,15,17,19,25H,1-5,10-13H2,(H3,23,24)(H,26,30)(H,28,29);(H2,2,3,4)/t17-,19+;/m0./s1. The van der Waals surface area contributed by atoms with Gasteiger partial charge in [0.15, 0.2) is 0 Å². The molecule has 2 aliphatic rings. The number of aliphatic carboxylic acids is 1. The summed E-state index contributed by atoms with van der Waals surface area (Å²) in [4.78, 5) is 47.0. The maximum atomic E-state index is 13.2. The van der Waals surface area contributed by atoms with Gasteiger partial charge in [-0.05, 0) is 30.7 Å². The maximum absolute atomic E-state index is 13.2. The van der Waals surface area contributed by atoms with Crippen LogP contribution in [0.4, 0.5) is 4.79 Å². The first-order valence-electron chi connectivity index (χ1n) is 11.5. The van der Waals surface area contributed by atoms with Gasteiger partial charge in [0.1, 0.15) is 11.9 Å². The number of amides is 2. The monoisotopic (exact) mass is 491 g/mol. The zero-order chi connectivity index (χ0) is 26.0. The molecular weight excluding hydrogens is 458 g/mol. The predicted molar refractivity (Wildman–Crippen MR) is 126 cm³/mol. The van der Waals surface area contributed by atoms with Crippen LogP contribution in [0.25, 0.3) is 0 Å². The van der Waals surface area contributed by atoms with Crippen LogP contribution in [0.5, 0.6) is 0 Å². The molecule has 1 aliphatic heterocycles. The quantitative estimate of drug-likeness (QED) is 0.194. The van der Waals surface area contributed by atoms with Crippen molar-refractivity contribution in [3.05, 3.63) is 35.4 Å². The number of benzene rings is 1. The normalized spacial score (nSPS) is 18.3. The molecule has 3 rings (SSSR count). The highest BCUT2D eigenvalue weighted by Crippen LogP contribution is 2.29. The number of carboxylic acids is 1. The lowest BCUT2D eigenvalue weighted by molar-refractivity contribution is -0.150. The van der Waals surface area contributed by atoms with Crippen LogP contribution < -0.4 is 16.4 Å². The van der Waals surface area contributed by atoms with Gasteiger partial charge in [0.2, 0.25) is 11.8 Å². The second-order valence-electron chi connectivity index (χ2n) is 8.60. The number of nitrogens with one attached hydrogen (secondary N) is 3. The number of likely N-dealkylation sites (tertiary alicyclic amines) is 1. The average molecular weight is 492 g/mol. The van der Waals surface area contributed by atoms with Crippen LogP contribution >= 0.6 is 0 Å². The molecule has 1 aromatic carbocycles. The van der Waals surface area contributed by atoms with Crippen LogP contribution in [-0.2, 0) is 20.9 Å². The van der Waals surface area contributed by atoms with Crippen molar-refractivity contribution in [1.29, 1.82) is 5.41 Å². The van der Waals surface area contributed by atoms with Crippen LogP contribution in [0, 0.1) is 11.3 Å². The molecule has 2 fully saturated rings. The Hall–Kier alpha value is -3.67. The van der Waals surface area contributed by atoms with Gasteiger partial charge in [-0.1, -0.05) is 43.5 Å². The van der Waals surface area contributed by atoms with Gasteiger partial charge in [-0.3, -0.25) is 25.1 Å². The van der Waals surface area contributed by atoms with Crippen LogP contribution in [0.2, 0.25) is 0 Å². The first-order chi connectivity index (χ1) is 16.6. The van der Waals surface area contributed by atoms with Crippen LogP contribution in [0.1, 0.15) is 49.7 Å². The van der Waals surface area contributed by atoms with Crippen LogP contribution in [0.15, 0.2) is 24.3 Å². The molecule has 192 valence electrons. The van der Waals surface area contributed by atoms with Gasteiger partial charge in [0, 0.05) is 18.7 Å². The molecule has 2 amide bonds. The summed E-state index contributed by atoms with van der Waals surface area (Å²) >= 11 is 0. The Kier molecular flexibility index (Phi) is 10.5. The topological polar surface area (TPSA) is 206 Å². The van der Waals surface area contributed by atoms with E-state index in [-0.39, 0.29) is 30.1 Å². The molecule has 2 atom stereocenters. The zero-order valence-electron chi connectivity index (χ0n) is 19.4. The van der Waals surface area contributed by atoms with Crippen molar-refractivity contribution in [3.8, 4) is 0 Å². The van der Waals surface area contributed by atoms with Crippen molar-refractivity contribution in [3.63, 3.8) is 0 Å². The van der Waals surface area contributed by atoms with E-state index in [9.17, 15) is 14.4 Å². The molecule has 0 spiro atoms. The van der Waals surface area contributed by atoms with Gasteiger partial charge in [0.25, 0.3) is 0 Å². The molecule has 0 bridgehead atoms. The van der Waals surface area contributed by atoms with Crippen LogP contribution in [0.3, 0.4) is 0 Å².